The fourth-order valence-corrected chi connectivity index (χ4v) is 2.41. The van der Waals surface area contributed by atoms with Gasteiger partial charge in [-0.1, -0.05) is 0 Å². The lowest BCUT2D eigenvalue weighted by Crippen LogP contribution is -2.52. The van der Waals surface area contributed by atoms with Gasteiger partial charge in [0.2, 0.25) is 5.95 Å². The van der Waals surface area contributed by atoms with Crippen molar-refractivity contribution < 1.29 is 4.74 Å². The van der Waals surface area contributed by atoms with Gasteiger partial charge in [-0.2, -0.15) is 0 Å². The molecule has 0 aromatic carbocycles. The maximum Gasteiger partial charge on any atom is 0.225 e. The van der Waals surface area contributed by atoms with E-state index in [1.54, 1.807) is 0 Å². The van der Waals surface area contributed by atoms with E-state index in [2.05, 4.69) is 41.0 Å². The maximum absolute atomic E-state index is 5.88. The van der Waals surface area contributed by atoms with Gasteiger partial charge in [-0.05, 0) is 27.8 Å². The molecule has 1 fully saturated rings. The molecule has 1 aromatic rings. The molecule has 0 amide bonds. The monoisotopic (exact) mass is 250 g/mol. The third kappa shape index (κ3) is 3.17. The first kappa shape index (κ1) is 13.2. The van der Waals surface area contributed by atoms with Crippen molar-refractivity contribution in [1.82, 2.24) is 15.3 Å². The van der Waals surface area contributed by atoms with E-state index in [-0.39, 0.29) is 11.7 Å². The van der Waals surface area contributed by atoms with E-state index in [9.17, 15) is 0 Å². The molecule has 100 valence electrons. The summed E-state index contributed by atoms with van der Waals surface area (Å²) in [6.07, 6.45) is 3.96. The number of morpholine rings is 1. The Bertz CT molecular complexity index is 390. The average Bonchev–Trinajstić information content (AvgIpc) is 2.27. The standard InChI is InChI=1S/C13H22N4O/c1-10-8-17(9-13(2,3)18-10)12-15-6-11(5-14-4)7-16-12/h6-7,10,14H,5,8-9H2,1-4H3. The molecular formula is C13H22N4O. The second-order valence-electron chi connectivity index (χ2n) is 5.49. The average molecular weight is 250 g/mol. The molecule has 5 nitrogen and oxygen atoms in total. The molecule has 1 saturated heterocycles. The van der Waals surface area contributed by atoms with Crippen LogP contribution in [0.5, 0.6) is 0 Å². The molecule has 1 N–H and O–H groups in total. The summed E-state index contributed by atoms with van der Waals surface area (Å²) < 4.78 is 5.88. The van der Waals surface area contributed by atoms with Crippen LogP contribution in [-0.4, -0.2) is 41.8 Å². The largest absolute Gasteiger partial charge is 0.369 e. The van der Waals surface area contributed by atoms with E-state index in [1.165, 1.54) is 0 Å². The molecule has 1 aliphatic heterocycles. The normalized spacial score (nSPS) is 23.1. The second kappa shape index (κ2) is 5.20. The van der Waals surface area contributed by atoms with E-state index in [4.69, 9.17) is 4.74 Å². The number of hydrogen-bond acceptors (Lipinski definition) is 5. The Morgan fingerprint density at radius 1 is 1.44 bits per heavy atom. The molecule has 0 saturated carbocycles. The molecule has 2 rings (SSSR count). The number of nitrogens with zero attached hydrogens (tertiary/aromatic N) is 3. The minimum absolute atomic E-state index is 0.148. The van der Waals surface area contributed by atoms with E-state index in [1.807, 2.05) is 19.4 Å². The van der Waals surface area contributed by atoms with Gasteiger partial charge < -0.3 is 15.0 Å². The molecule has 1 unspecified atom stereocenters. The summed E-state index contributed by atoms with van der Waals surface area (Å²) in [5.74, 6) is 0.790. The van der Waals surface area contributed by atoms with Gasteiger partial charge in [0.05, 0.1) is 11.7 Å². The Hall–Kier alpha value is -1.20. The van der Waals surface area contributed by atoms with Gasteiger partial charge in [-0.3, -0.25) is 0 Å². The molecule has 5 heteroatoms. The maximum atomic E-state index is 5.88. The van der Waals surface area contributed by atoms with E-state index < -0.39 is 0 Å². The first-order valence-electron chi connectivity index (χ1n) is 6.38. The topological polar surface area (TPSA) is 50.3 Å². The lowest BCUT2D eigenvalue weighted by Gasteiger charge is -2.41. The first-order chi connectivity index (χ1) is 8.50. The predicted molar refractivity (Wildman–Crippen MR) is 71.6 cm³/mol. The Morgan fingerprint density at radius 3 is 2.67 bits per heavy atom. The van der Waals surface area contributed by atoms with E-state index in [0.717, 1.165) is 31.1 Å². The molecule has 18 heavy (non-hydrogen) atoms. The third-order valence-corrected chi connectivity index (χ3v) is 2.92. The van der Waals surface area contributed by atoms with Crippen LogP contribution in [0, 0.1) is 0 Å². The molecule has 0 aliphatic carbocycles. The van der Waals surface area contributed by atoms with Crippen molar-refractivity contribution in [1.29, 1.82) is 0 Å². The van der Waals surface area contributed by atoms with Gasteiger partial charge in [0.25, 0.3) is 0 Å². The quantitative estimate of drug-likeness (QED) is 0.873. The fourth-order valence-electron chi connectivity index (χ4n) is 2.41. The summed E-state index contributed by atoms with van der Waals surface area (Å²) in [6, 6.07) is 0. The molecule has 0 radical (unpaired) electrons. The zero-order valence-electron chi connectivity index (χ0n) is 11.6. The Morgan fingerprint density at radius 2 is 2.11 bits per heavy atom. The highest BCUT2D eigenvalue weighted by Crippen LogP contribution is 2.23. The summed E-state index contributed by atoms with van der Waals surface area (Å²) in [5.41, 5.74) is 0.951. The van der Waals surface area contributed by atoms with Crippen LogP contribution in [0.3, 0.4) is 0 Å². The zero-order chi connectivity index (χ0) is 13.2. The van der Waals surface area contributed by atoms with Crippen molar-refractivity contribution in [3.8, 4) is 0 Å². The zero-order valence-corrected chi connectivity index (χ0v) is 11.6. The van der Waals surface area contributed by atoms with Crippen LogP contribution < -0.4 is 10.2 Å². The number of aromatic nitrogens is 2. The second-order valence-corrected chi connectivity index (χ2v) is 5.49. The van der Waals surface area contributed by atoms with Gasteiger partial charge in [0, 0.05) is 37.6 Å². The van der Waals surface area contributed by atoms with Crippen LogP contribution in [0.25, 0.3) is 0 Å². The van der Waals surface area contributed by atoms with Crippen molar-refractivity contribution in [3.63, 3.8) is 0 Å². The highest BCUT2D eigenvalue weighted by Gasteiger charge is 2.32. The van der Waals surface area contributed by atoms with Crippen LogP contribution in [0.1, 0.15) is 26.3 Å². The number of rotatable bonds is 3. The van der Waals surface area contributed by atoms with Crippen molar-refractivity contribution in [2.24, 2.45) is 0 Å². The smallest absolute Gasteiger partial charge is 0.225 e. The summed E-state index contributed by atoms with van der Waals surface area (Å²) >= 11 is 0. The van der Waals surface area contributed by atoms with Gasteiger partial charge in [0.15, 0.2) is 0 Å². The molecule has 0 spiro atoms. The number of ether oxygens (including phenoxy) is 1. The Balaban J connectivity index is 2.10. The Kier molecular flexibility index (Phi) is 3.82. The van der Waals surface area contributed by atoms with Crippen molar-refractivity contribution >= 4 is 5.95 Å². The fraction of sp³-hybridized carbons (Fsp3) is 0.692. The van der Waals surface area contributed by atoms with Crippen molar-refractivity contribution in [3.05, 3.63) is 18.0 Å². The number of anilines is 1. The van der Waals surface area contributed by atoms with Crippen LogP contribution >= 0.6 is 0 Å². The lowest BCUT2D eigenvalue weighted by atomic mass is 10.1. The van der Waals surface area contributed by atoms with Gasteiger partial charge >= 0.3 is 0 Å². The highest BCUT2D eigenvalue weighted by atomic mass is 16.5. The summed E-state index contributed by atoms with van der Waals surface area (Å²) in [7, 11) is 1.92. The predicted octanol–water partition coefficient (Wildman–Crippen LogP) is 1.20. The van der Waals surface area contributed by atoms with E-state index >= 15 is 0 Å². The molecule has 1 aliphatic rings. The molecule has 0 bridgehead atoms. The first-order valence-corrected chi connectivity index (χ1v) is 6.38. The lowest BCUT2D eigenvalue weighted by molar-refractivity contribution is -0.0753. The van der Waals surface area contributed by atoms with E-state index in [0.29, 0.717) is 0 Å². The molecule has 1 aromatic heterocycles. The van der Waals surface area contributed by atoms with Crippen LogP contribution in [0.4, 0.5) is 5.95 Å². The SMILES string of the molecule is CNCc1cnc(N2CC(C)OC(C)(C)C2)nc1. The van der Waals surface area contributed by atoms with Crippen molar-refractivity contribution in [2.75, 3.05) is 25.0 Å². The Labute approximate surface area is 109 Å². The molecule has 1 atom stereocenters. The van der Waals surface area contributed by atoms with Crippen molar-refractivity contribution in [2.45, 2.75) is 39.0 Å². The summed E-state index contributed by atoms with van der Waals surface area (Å²) in [5, 5.41) is 3.09. The highest BCUT2D eigenvalue weighted by molar-refractivity contribution is 5.32. The minimum atomic E-state index is -0.148. The van der Waals surface area contributed by atoms with Crippen LogP contribution in [-0.2, 0) is 11.3 Å². The minimum Gasteiger partial charge on any atom is -0.369 e. The molecule has 2 heterocycles. The van der Waals surface area contributed by atoms with Crippen LogP contribution in [0.2, 0.25) is 0 Å². The third-order valence-electron chi connectivity index (χ3n) is 2.92. The number of hydrogen-bond donors (Lipinski definition) is 1. The number of nitrogens with one attached hydrogen (secondary N) is 1. The summed E-state index contributed by atoms with van der Waals surface area (Å²) in [6.45, 7) is 8.75. The molecular weight excluding hydrogens is 228 g/mol. The summed E-state index contributed by atoms with van der Waals surface area (Å²) in [4.78, 5) is 11.1. The van der Waals surface area contributed by atoms with Gasteiger partial charge in [-0.15, -0.1) is 0 Å². The van der Waals surface area contributed by atoms with Crippen LogP contribution in [0.15, 0.2) is 12.4 Å². The van der Waals surface area contributed by atoms with Gasteiger partial charge in [0.1, 0.15) is 0 Å². The van der Waals surface area contributed by atoms with Gasteiger partial charge in [-0.25, -0.2) is 9.97 Å².